The maximum absolute atomic E-state index is 13.9. The Morgan fingerprint density at radius 2 is 1.89 bits per heavy atom. The summed E-state index contributed by atoms with van der Waals surface area (Å²) in [7, 11) is 0. The van der Waals surface area contributed by atoms with Crippen molar-refractivity contribution in [1.82, 2.24) is 4.57 Å². The molecule has 0 spiro atoms. The lowest BCUT2D eigenvalue weighted by atomic mass is 9.70. The van der Waals surface area contributed by atoms with Gasteiger partial charge in [-0.3, -0.25) is 0 Å². The Kier molecular flexibility index (Phi) is 4.47. The van der Waals surface area contributed by atoms with Crippen LogP contribution in [-0.2, 0) is 0 Å². The molecule has 3 aromatic rings. The second kappa shape index (κ2) is 6.68. The highest BCUT2D eigenvalue weighted by atomic mass is 19.1. The van der Waals surface area contributed by atoms with Crippen molar-refractivity contribution in [3.05, 3.63) is 59.0 Å². The second-order valence-electron chi connectivity index (χ2n) is 8.14. The highest BCUT2D eigenvalue weighted by molar-refractivity contribution is 5.89. The number of rotatable bonds is 4. The van der Waals surface area contributed by atoms with Gasteiger partial charge in [-0.15, -0.1) is 0 Å². The van der Waals surface area contributed by atoms with E-state index < -0.39 is 0 Å². The molecule has 1 aromatic heterocycles. The largest absolute Gasteiger partial charge is 0.508 e. The number of aliphatic hydroxyl groups excluding tert-OH is 1. The summed E-state index contributed by atoms with van der Waals surface area (Å²) in [5.41, 5.74) is 5.07. The van der Waals surface area contributed by atoms with E-state index in [-0.39, 0.29) is 24.1 Å². The average molecular weight is 367 g/mol. The first-order chi connectivity index (χ1) is 12.9. The van der Waals surface area contributed by atoms with E-state index in [2.05, 4.69) is 18.4 Å². The Balaban J connectivity index is 2.00. The van der Waals surface area contributed by atoms with Crippen LogP contribution in [0.5, 0.6) is 5.75 Å². The summed E-state index contributed by atoms with van der Waals surface area (Å²) in [6.45, 7) is 6.36. The predicted molar refractivity (Wildman–Crippen MR) is 106 cm³/mol. The summed E-state index contributed by atoms with van der Waals surface area (Å²) in [6.07, 6.45) is 1.93. The van der Waals surface area contributed by atoms with Crippen molar-refractivity contribution in [1.29, 1.82) is 0 Å². The number of aryl methyl sites for hydroxylation is 1. The van der Waals surface area contributed by atoms with Crippen LogP contribution >= 0.6 is 0 Å². The van der Waals surface area contributed by atoms with Crippen LogP contribution in [0.1, 0.15) is 55.3 Å². The topological polar surface area (TPSA) is 45.4 Å². The van der Waals surface area contributed by atoms with Crippen LogP contribution in [0, 0.1) is 18.7 Å². The first kappa shape index (κ1) is 18.1. The van der Waals surface area contributed by atoms with Crippen LogP contribution in [0.25, 0.3) is 16.6 Å². The molecule has 0 unspecified atom stereocenters. The number of nitrogens with zero attached hydrogens (tertiary/aromatic N) is 1. The fourth-order valence-corrected chi connectivity index (χ4v) is 4.49. The van der Waals surface area contributed by atoms with Gasteiger partial charge in [0.1, 0.15) is 11.6 Å². The second-order valence-corrected chi connectivity index (χ2v) is 8.14. The molecule has 142 valence electrons. The number of aromatic nitrogens is 1. The van der Waals surface area contributed by atoms with Gasteiger partial charge in [0, 0.05) is 23.4 Å². The third kappa shape index (κ3) is 2.92. The lowest BCUT2D eigenvalue weighted by Crippen LogP contribution is -2.25. The van der Waals surface area contributed by atoms with Crippen molar-refractivity contribution in [3.63, 3.8) is 0 Å². The quantitative estimate of drug-likeness (QED) is 0.649. The van der Waals surface area contributed by atoms with Gasteiger partial charge in [0.25, 0.3) is 0 Å². The van der Waals surface area contributed by atoms with E-state index in [0.717, 1.165) is 29.4 Å². The molecular weight excluding hydrogens is 341 g/mol. The van der Waals surface area contributed by atoms with Crippen LogP contribution in [0.15, 0.2) is 36.4 Å². The molecule has 27 heavy (non-hydrogen) atoms. The van der Waals surface area contributed by atoms with Crippen molar-refractivity contribution in [2.75, 3.05) is 6.61 Å². The van der Waals surface area contributed by atoms with E-state index >= 15 is 0 Å². The molecule has 3 nitrogen and oxygen atoms in total. The first-order valence-corrected chi connectivity index (χ1v) is 9.65. The van der Waals surface area contributed by atoms with Gasteiger partial charge in [0.15, 0.2) is 0 Å². The van der Waals surface area contributed by atoms with Crippen molar-refractivity contribution >= 4 is 10.9 Å². The molecule has 1 saturated carbocycles. The van der Waals surface area contributed by atoms with E-state index in [0.29, 0.717) is 17.4 Å². The monoisotopic (exact) mass is 367 g/mol. The molecule has 1 aliphatic carbocycles. The van der Waals surface area contributed by atoms with Gasteiger partial charge in [-0.25, -0.2) is 4.39 Å². The molecule has 0 amide bonds. The number of aliphatic hydroxyl groups is 1. The maximum Gasteiger partial charge on any atom is 0.126 e. The van der Waals surface area contributed by atoms with Crippen molar-refractivity contribution in [2.24, 2.45) is 5.92 Å². The summed E-state index contributed by atoms with van der Waals surface area (Å²) in [5.74, 6) is 1.06. The SMILES string of the molecule is Cc1cc(-n2c(C(C)C)c([C@H]3C[C@H](CO)C3)c3cc(O)ccc32)ccc1F. The fourth-order valence-electron chi connectivity index (χ4n) is 4.49. The Morgan fingerprint density at radius 3 is 2.52 bits per heavy atom. The molecule has 4 rings (SSSR count). The zero-order valence-corrected chi connectivity index (χ0v) is 16.0. The average Bonchev–Trinajstić information content (AvgIpc) is 2.91. The molecular formula is C23H26FNO2. The smallest absolute Gasteiger partial charge is 0.126 e. The fraction of sp³-hybridized carbons (Fsp3) is 0.391. The Labute approximate surface area is 159 Å². The zero-order chi connectivity index (χ0) is 19.3. The Bertz CT molecular complexity index is 999. The van der Waals surface area contributed by atoms with Crippen molar-refractivity contribution in [3.8, 4) is 11.4 Å². The van der Waals surface area contributed by atoms with Gasteiger partial charge in [0.05, 0.1) is 5.52 Å². The standard InChI is InChI=1S/C23H26FNO2/c1-13(2)23-22(16-9-15(10-16)12-26)19-11-18(27)5-7-21(19)25(23)17-4-6-20(24)14(3)8-17/h4-8,11,13,15-16,26-27H,9-10,12H2,1-3H3/t15-,16-. The normalized spacial score (nSPS) is 19.6. The highest BCUT2D eigenvalue weighted by Gasteiger charge is 2.35. The van der Waals surface area contributed by atoms with Crippen LogP contribution in [0.2, 0.25) is 0 Å². The number of fused-ring (bicyclic) bond motifs is 1. The van der Waals surface area contributed by atoms with Crippen LogP contribution in [0.4, 0.5) is 4.39 Å². The summed E-state index contributed by atoms with van der Waals surface area (Å²) in [4.78, 5) is 0. The van der Waals surface area contributed by atoms with Gasteiger partial charge in [-0.05, 0) is 85.0 Å². The van der Waals surface area contributed by atoms with Gasteiger partial charge < -0.3 is 14.8 Å². The predicted octanol–water partition coefficient (Wildman–Crippen LogP) is 5.39. The lowest BCUT2D eigenvalue weighted by molar-refractivity contribution is 0.142. The van der Waals surface area contributed by atoms with Crippen LogP contribution in [-0.4, -0.2) is 21.4 Å². The van der Waals surface area contributed by atoms with Crippen LogP contribution in [0.3, 0.4) is 0 Å². The number of halogens is 1. The zero-order valence-electron chi connectivity index (χ0n) is 16.0. The van der Waals surface area contributed by atoms with Gasteiger partial charge in [-0.1, -0.05) is 13.8 Å². The summed E-state index contributed by atoms with van der Waals surface area (Å²) in [6, 6.07) is 10.7. The minimum Gasteiger partial charge on any atom is -0.508 e. The Hall–Kier alpha value is -2.33. The molecule has 0 atom stereocenters. The third-order valence-corrected chi connectivity index (χ3v) is 5.88. The summed E-state index contributed by atoms with van der Waals surface area (Å²) >= 11 is 0. The molecule has 0 aliphatic heterocycles. The molecule has 2 aromatic carbocycles. The molecule has 1 aliphatic rings. The summed E-state index contributed by atoms with van der Waals surface area (Å²) in [5, 5.41) is 20.6. The number of phenolic OH excluding ortho intramolecular Hbond substituents is 1. The van der Waals surface area contributed by atoms with Gasteiger partial charge in [0.2, 0.25) is 0 Å². The van der Waals surface area contributed by atoms with E-state index in [1.807, 2.05) is 24.3 Å². The number of aromatic hydroxyl groups is 1. The molecule has 0 saturated heterocycles. The van der Waals surface area contributed by atoms with E-state index in [1.165, 1.54) is 17.3 Å². The number of benzene rings is 2. The maximum atomic E-state index is 13.9. The molecule has 1 fully saturated rings. The number of hydrogen-bond donors (Lipinski definition) is 2. The van der Waals surface area contributed by atoms with Gasteiger partial charge in [-0.2, -0.15) is 0 Å². The van der Waals surface area contributed by atoms with E-state index in [1.54, 1.807) is 13.0 Å². The lowest BCUT2D eigenvalue weighted by Gasteiger charge is -2.35. The molecule has 0 radical (unpaired) electrons. The summed E-state index contributed by atoms with van der Waals surface area (Å²) < 4.78 is 16.1. The first-order valence-electron chi connectivity index (χ1n) is 9.65. The van der Waals surface area contributed by atoms with Crippen molar-refractivity contribution < 1.29 is 14.6 Å². The number of phenols is 1. The molecule has 4 heteroatoms. The number of hydrogen-bond acceptors (Lipinski definition) is 2. The molecule has 0 bridgehead atoms. The minimum atomic E-state index is -0.205. The molecule has 2 N–H and O–H groups in total. The highest BCUT2D eigenvalue weighted by Crippen LogP contribution is 2.48. The Morgan fingerprint density at radius 1 is 1.15 bits per heavy atom. The van der Waals surface area contributed by atoms with Crippen molar-refractivity contribution in [2.45, 2.75) is 45.4 Å². The van der Waals surface area contributed by atoms with E-state index in [4.69, 9.17) is 0 Å². The minimum absolute atomic E-state index is 0.205. The molecule has 1 heterocycles. The van der Waals surface area contributed by atoms with Gasteiger partial charge >= 0.3 is 0 Å². The third-order valence-electron chi connectivity index (χ3n) is 5.88. The van der Waals surface area contributed by atoms with Crippen LogP contribution < -0.4 is 0 Å². The van der Waals surface area contributed by atoms with E-state index in [9.17, 15) is 14.6 Å².